The van der Waals surface area contributed by atoms with E-state index in [1.165, 1.54) is 51.9 Å². The van der Waals surface area contributed by atoms with Gasteiger partial charge in [0.2, 0.25) is 5.91 Å². The molecule has 0 aromatic heterocycles. The van der Waals surface area contributed by atoms with E-state index in [1.54, 1.807) is 42.5 Å². The van der Waals surface area contributed by atoms with Crippen LogP contribution in [0.25, 0.3) is 0 Å². The van der Waals surface area contributed by atoms with Gasteiger partial charge in [0.25, 0.3) is 15.9 Å². The molecule has 3 N–H and O–H groups in total. The minimum absolute atomic E-state index is 0.0891. The lowest BCUT2D eigenvalue weighted by Crippen LogP contribution is -2.28. The first-order chi connectivity index (χ1) is 15.7. The molecule has 0 fully saturated rings. The fraction of sp³-hybridized carbons (Fsp3) is 0.0476. The van der Waals surface area contributed by atoms with Gasteiger partial charge in [-0.1, -0.05) is 45.9 Å². The number of benzene rings is 3. The predicted octanol–water partition coefficient (Wildman–Crippen LogP) is 4.26. The van der Waals surface area contributed by atoms with Crippen LogP contribution in [0.5, 0.6) is 0 Å². The lowest BCUT2D eigenvalue weighted by atomic mass is 10.2. The maximum absolute atomic E-state index is 12.8. The number of nitrogens with one attached hydrogen (secondary N) is 2. The van der Waals surface area contributed by atoms with Crippen molar-refractivity contribution < 1.29 is 23.2 Å². The summed E-state index contributed by atoms with van der Waals surface area (Å²) in [7, 11) is -1.52. The zero-order chi connectivity index (χ0) is 24.0. The quantitative estimate of drug-likeness (QED) is 0.303. The van der Waals surface area contributed by atoms with Crippen LogP contribution in [-0.2, 0) is 14.8 Å². The summed E-state index contributed by atoms with van der Waals surface area (Å²) in [4.78, 5) is 24.9. The molecule has 172 valence electrons. The van der Waals surface area contributed by atoms with E-state index in [0.717, 1.165) is 6.92 Å². The van der Waals surface area contributed by atoms with Crippen molar-refractivity contribution in [2.75, 3.05) is 10.5 Å². The molecule has 9 nitrogen and oxygen atoms in total. The second-order valence-corrected chi connectivity index (χ2v) is 10.4. The molecule has 3 aromatic carbocycles. The lowest BCUT2D eigenvalue weighted by molar-refractivity contribution is -0.117. The molecule has 0 aliphatic heterocycles. The van der Waals surface area contributed by atoms with Crippen LogP contribution in [0.3, 0.4) is 0 Å². The van der Waals surface area contributed by atoms with Crippen LogP contribution in [0.4, 0.5) is 11.4 Å². The number of sulfonamides is 1. The van der Waals surface area contributed by atoms with Crippen molar-refractivity contribution in [3.8, 4) is 0 Å². The van der Waals surface area contributed by atoms with Crippen LogP contribution in [0.2, 0.25) is 0 Å². The van der Waals surface area contributed by atoms with Crippen molar-refractivity contribution in [1.82, 2.24) is 4.72 Å². The van der Waals surface area contributed by atoms with Gasteiger partial charge in [-0.05, 0) is 48.5 Å². The van der Waals surface area contributed by atoms with E-state index in [-0.39, 0.29) is 15.8 Å². The Kier molecular flexibility index (Phi) is 8.00. The SMILES string of the molecule is CC(=O)NS(=O)(=O)c1ccc(NC(=O)c2ccccc2SSc2ccccc2N([O-])O)cc1. The van der Waals surface area contributed by atoms with Gasteiger partial charge in [-0.15, -0.1) is 0 Å². The van der Waals surface area contributed by atoms with Crippen molar-refractivity contribution in [2.24, 2.45) is 0 Å². The maximum atomic E-state index is 12.8. The zero-order valence-corrected chi connectivity index (χ0v) is 19.5. The first-order valence-corrected chi connectivity index (χ1v) is 12.9. The number of carbonyl (C=O) groups excluding carboxylic acids is 2. The molecule has 0 aliphatic carbocycles. The van der Waals surface area contributed by atoms with Gasteiger partial charge in [-0.3, -0.25) is 14.8 Å². The van der Waals surface area contributed by atoms with Crippen molar-refractivity contribution in [3.05, 3.63) is 83.6 Å². The minimum atomic E-state index is -3.97. The predicted molar refractivity (Wildman–Crippen MR) is 128 cm³/mol. The van der Waals surface area contributed by atoms with E-state index in [4.69, 9.17) is 0 Å². The highest BCUT2D eigenvalue weighted by Gasteiger charge is 2.17. The Morgan fingerprint density at radius 3 is 2.12 bits per heavy atom. The molecule has 0 heterocycles. The summed E-state index contributed by atoms with van der Waals surface area (Å²) in [5, 5.41) is 23.1. The summed E-state index contributed by atoms with van der Waals surface area (Å²) < 4.78 is 25.9. The molecule has 0 spiro atoms. The number of hydrogen-bond acceptors (Lipinski definition) is 9. The maximum Gasteiger partial charge on any atom is 0.264 e. The van der Waals surface area contributed by atoms with E-state index in [2.05, 4.69) is 5.32 Å². The van der Waals surface area contributed by atoms with Crippen LogP contribution < -0.4 is 15.3 Å². The Hall–Kier alpha value is -3.03. The molecule has 0 atom stereocenters. The van der Waals surface area contributed by atoms with E-state index in [0.29, 0.717) is 21.0 Å². The van der Waals surface area contributed by atoms with E-state index >= 15 is 0 Å². The summed E-state index contributed by atoms with van der Waals surface area (Å²) in [5.41, 5.74) is 0.818. The van der Waals surface area contributed by atoms with E-state index < -0.39 is 21.8 Å². The van der Waals surface area contributed by atoms with Gasteiger partial charge in [-0.2, -0.15) is 0 Å². The highest BCUT2D eigenvalue weighted by Crippen LogP contribution is 2.42. The van der Waals surface area contributed by atoms with Gasteiger partial charge in [-0.25, -0.2) is 13.1 Å². The average Bonchev–Trinajstić information content (AvgIpc) is 2.77. The molecule has 3 aromatic rings. The van der Waals surface area contributed by atoms with Gasteiger partial charge in [0.15, 0.2) is 0 Å². The number of nitrogens with zero attached hydrogens (tertiary/aromatic N) is 1. The Morgan fingerprint density at radius 1 is 0.909 bits per heavy atom. The summed E-state index contributed by atoms with van der Waals surface area (Å²) in [6.07, 6.45) is 0. The Labute approximate surface area is 198 Å². The molecular formula is C21H18N3O6S3-. The number of para-hydroxylation sites is 1. The second kappa shape index (κ2) is 10.7. The highest BCUT2D eigenvalue weighted by molar-refractivity contribution is 8.76. The van der Waals surface area contributed by atoms with Crippen molar-refractivity contribution in [3.63, 3.8) is 0 Å². The van der Waals surface area contributed by atoms with Crippen LogP contribution in [0.1, 0.15) is 17.3 Å². The number of amides is 2. The first kappa shape index (κ1) is 24.6. The summed E-state index contributed by atoms with van der Waals surface area (Å²) >= 11 is 0. The Morgan fingerprint density at radius 2 is 1.48 bits per heavy atom. The molecule has 2 amide bonds. The number of anilines is 2. The topological polar surface area (TPSA) is 139 Å². The molecule has 0 unspecified atom stereocenters. The van der Waals surface area contributed by atoms with Crippen LogP contribution in [-0.4, -0.2) is 25.4 Å². The number of rotatable bonds is 8. The average molecular weight is 505 g/mol. The molecule has 12 heteroatoms. The second-order valence-electron chi connectivity index (χ2n) is 6.54. The molecule has 0 aliphatic rings. The first-order valence-electron chi connectivity index (χ1n) is 9.31. The zero-order valence-electron chi connectivity index (χ0n) is 17.1. The minimum Gasteiger partial charge on any atom is -0.733 e. The molecule has 0 saturated carbocycles. The highest BCUT2D eigenvalue weighted by atomic mass is 33.1. The number of hydrogen-bond donors (Lipinski definition) is 3. The largest absolute Gasteiger partial charge is 0.733 e. The van der Waals surface area contributed by atoms with Crippen LogP contribution in [0.15, 0.2) is 87.5 Å². The van der Waals surface area contributed by atoms with Crippen molar-refractivity contribution >= 4 is 54.8 Å². The Bertz CT molecular complexity index is 1260. The van der Waals surface area contributed by atoms with Crippen molar-refractivity contribution in [2.45, 2.75) is 21.6 Å². The summed E-state index contributed by atoms with van der Waals surface area (Å²) in [6.45, 7) is 1.10. The van der Waals surface area contributed by atoms with E-state index in [9.17, 15) is 28.4 Å². The normalized spacial score (nSPS) is 11.0. The Balaban J connectivity index is 1.74. The van der Waals surface area contributed by atoms with Gasteiger partial charge in [0, 0.05) is 22.4 Å². The molecule has 0 radical (unpaired) electrons. The van der Waals surface area contributed by atoms with E-state index in [1.807, 2.05) is 4.72 Å². The molecule has 3 rings (SSSR count). The summed E-state index contributed by atoms with van der Waals surface area (Å²) in [6, 6.07) is 18.7. The van der Waals surface area contributed by atoms with Gasteiger partial charge in [0.05, 0.1) is 16.1 Å². The number of carbonyl (C=O) groups is 2. The van der Waals surface area contributed by atoms with Crippen molar-refractivity contribution in [1.29, 1.82) is 0 Å². The third kappa shape index (κ3) is 6.49. The standard InChI is InChI=1S/C21H18N3O6S3/c1-14(25)23-33(29,30)16-12-10-15(11-13-16)22-21(26)17-6-2-4-8-19(17)31-32-20-9-5-3-7-18(20)24(27)28/h2-13,27H,1H3,(H,22,26)(H,23,25)/q-1. The molecule has 0 saturated heterocycles. The third-order valence-corrected chi connectivity index (χ3v) is 8.04. The molecule has 0 bridgehead atoms. The van der Waals surface area contributed by atoms with Gasteiger partial charge < -0.3 is 15.8 Å². The van der Waals surface area contributed by atoms with Gasteiger partial charge in [0.1, 0.15) is 0 Å². The van der Waals surface area contributed by atoms with Gasteiger partial charge >= 0.3 is 0 Å². The monoisotopic (exact) mass is 504 g/mol. The van der Waals surface area contributed by atoms with Crippen LogP contribution in [0, 0.1) is 5.21 Å². The lowest BCUT2D eigenvalue weighted by Gasteiger charge is -2.23. The molecular weight excluding hydrogens is 486 g/mol. The third-order valence-electron chi connectivity index (χ3n) is 4.12. The fourth-order valence-corrected chi connectivity index (χ4v) is 5.98. The van der Waals surface area contributed by atoms with Crippen LogP contribution >= 0.6 is 21.6 Å². The molecule has 33 heavy (non-hydrogen) atoms. The fourth-order valence-electron chi connectivity index (χ4n) is 2.67. The summed E-state index contributed by atoms with van der Waals surface area (Å²) in [5.74, 6) is -1.12. The smallest absolute Gasteiger partial charge is 0.264 e.